The number of carbonyl (C=O) groups excluding carboxylic acids is 1. The van der Waals surface area contributed by atoms with Gasteiger partial charge in [0.05, 0.1) is 5.56 Å². The minimum Gasteiger partial charge on any atom is -0.438 e. The molecule has 0 amide bonds. The molecule has 0 unspecified atom stereocenters. The van der Waals surface area contributed by atoms with Crippen molar-refractivity contribution >= 4 is 5.78 Å². The van der Waals surface area contributed by atoms with E-state index < -0.39 is 0 Å². The molecule has 1 heterocycles. The Morgan fingerprint density at radius 3 is 2.83 bits per heavy atom. The zero-order chi connectivity index (χ0) is 13.0. The number of carbonyl (C=O) groups is 1. The number of para-hydroxylation sites is 1. The number of pyridine rings is 1. The summed E-state index contributed by atoms with van der Waals surface area (Å²) in [6, 6.07) is 12.1. The van der Waals surface area contributed by atoms with Gasteiger partial charge in [-0.15, -0.1) is 0 Å². The van der Waals surface area contributed by atoms with Gasteiger partial charge in [0.25, 0.3) is 0 Å². The van der Waals surface area contributed by atoms with Crippen molar-refractivity contribution in [2.45, 2.75) is 6.92 Å². The molecule has 1 aromatic carbocycles. The molecule has 0 aliphatic carbocycles. The molecule has 0 saturated heterocycles. The van der Waals surface area contributed by atoms with E-state index in [1.807, 2.05) is 6.07 Å². The minimum absolute atomic E-state index is 0.0594. The largest absolute Gasteiger partial charge is 0.438 e. The van der Waals surface area contributed by atoms with Crippen LogP contribution in [0.15, 0.2) is 42.6 Å². The lowest BCUT2D eigenvalue weighted by molar-refractivity contribution is 0.101. The van der Waals surface area contributed by atoms with E-state index in [2.05, 4.69) is 4.98 Å². The first-order valence-electron chi connectivity index (χ1n) is 5.34. The molecule has 0 atom stereocenters. The molecule has 0 aliphatic rings. The Kier molecular flexibility index (Phi) is 3.35. The Morgan fingerprint density at radius 2 is 2.11 bits per heavy atom. The van der Waals surface area contributed by atoms with E-state index in [9.17, 15) is 4.79 Å². The standard InChI is InChI=1S/C14H10N2O2/c1-10(17)11-6-7-16-14(8-11)18-13-5-3-2-4-12(13)9-15/h2-8H,1H3. The average Bonchev–Trinajstić information content (AvgIpc) is 2.39. The molecule has 4 heteroatoms. The summed E-state index contributed by atoms with van der Waals surface area (Å²) in [5.74, 6) is 0.662. The summed E-state index contributed by atoms with van der Waals surface area (Å²) in [5.41, 5.74) is 0.946. The lowest BCUT2D eigenvalue weighted by Crippen LogP contribution is -1.95. The quantitative estimate of drug-likeness (QED) is 0.771. The number of hydrogen-bond acceptors (Lipinski definition) is 4. The number of Topliss-reactive ketones (excluding diaryl/α,β-unsaturated/α-hetero) is 1. The SMILES string of the molecule is CC(=O)c1ccnc(Oc2ccccc2C#N)c1. The van der Waals surface area contributed by atoms with Gasteiger partial charge in [-0.25, -0.2) is 4.98 Å². The van der Waals surface area contributed by atoms with E-state index in [4.69, 9.17) is 10.00 Å². The van der Waals surface area contributed by atoms with E-state index in [0.29, 0.717) is 22.8 Å². The van der Waals surface area contributed by atoms with Gasteiger partial charge in [0.2, 0.25) is 5.88 Å². The van der Waals surface area contributed by atoms with Crippen LogP contribution >= 0.6 is 0 Å². The highest BCUT2D eigenvalue weighted by Gasteiger charge is 2.06. The van der Waals surface area contributed by atoms with Crippen molar-refractivity contribution < 1.29 is 9.53 Å². The van der Waals surface area contributed by atoms with Crippen molar-refractivity contribution in [1.29, 1.82) is 5.26 Å². The zero-order valence-electron chi connectivity index (χ0n) is 9.75. The fourth-order valence-electron chi connectivity index (χ4n) is 1.44. The van der Waals surface area contributed by atoms with Crippen LogP contribution < -0.4 is 4.74 Å². The Morgan fingerprint density at radius 1 is 1.33 bits per heavy atom. The maximum atomic E-state index is 11.2. The van der Waals surface area contributed by atoms with Crippen LogP contribution in [-0.4, -0.2) is 10.8 Å². The van der Waals surface area contributed by atoms with Crippen molar-refractivity contribution in [3.8, 4) is 17.7 Å². The summed E-state index contributed by atoms with van der Waals surface area (Å²) in [7, 11) is 0. The predicted octanol–water partition coefficient (Wildman–Crippen LogP) is 2.95. The molecule has 0 spiro atoms. The molecule has 2 aromatic rings. The summed E-state index contributed by atoms with van der Waals surface area (Å²) in [4.78, 5) is 15.2. The number of nitriles is 1. The number of rotatable bonds is 3. The summed E-state index contributed by atoms with van der Waals surface area (Å²) in [6.07, 6.45) is 1.50. The lowest BCUT2D eigenvalue weighted by Gasteiger charge is -2.06. The molecule has 0 bridgehead atoms. The third-order valence-corrected chi connectivity index (χ3v) is 2.36. The van der Waals surface area contributed by atoms with Crippen molar-refractivity contribution in [1.82, 2.24) is 4.98 Å². The van der Waals surface area contributed by atoms with Gasteiger partial charge in [-0.2, -0.15) is 5.26 Å². The molecule has 2 rings (SSSR count). The predicted molar refractivity (Wildman–Crippen MR) is 65.5 cm³/mol. The van der Waals surface area contributed by atoms with E-state index in [1.54, 1.807) is 36.4 Å². The van der Waals surface area contributed by atoms with Crippen LogP contribution in [0, 0.1) is 11.3 Å². The van der Waals surface area contributed by atoms with Crippen LogP contribution in [-0.2, 0) is 0 Å². The van der Waals surface area contributed by atoms with Crippen LogP contribution in [0.4, 0.5) is 0 Å². The Labute approximate surface area is 104 Å². The summed E-state index contributed by atoms with van der Waals surface area (Å²) < 4.78 is 5.51. The fraction of sp³-hybridized carbons (Fsp3) is 0.0714. The lowest BCUT2D eigenvalue weighted by atomic mass is 10.2. The maximum Gasteiger partial charge on any atom is 0.219 e. The van der Waals surface area contributed by atoms with Gasteiger partial charge < -0.3 is 4.74 Å². The topological polar surface area (TPSA) is 63.0 Å². The van der Waals surface area contributed by atoms with Gasteiger partial charge in [-0.05, 0) is 25.1 Å². The highest BCUT2D eigenvalue weighted by Crippen LogP contribution is 2.23. The average molecular weight is 238 g/mol. The molecule has 0 saturated carbocycles. The smallest absolute Gasteiger partial charge is 0.219 e. The van der Waals surface area contributed by atoms with E-state index in [1.165, 1.54) is 13.1 Å². The molecule has 0 N–H and O–H groups in total. The van der Waals surface area contributed by atoms with Crippen molar-refractivity contribution in [2.24, 2.45) is 0 Å². The Balaban J connectivity index is 2.32. The van der Waals surface area contributed by atoms with Crippen molar-refractivity contribution in [3.63, 3.8) is 0 Å². The number of hydrogen-bond donors (Lipinski definition) is 0. The van der Waals surface area contributed by atoms with E-state index >= 15 is 0 Å². The minimum atomic E-state index is -0.0594. The summed E-state index contributed by atoms with van der Waals surface area (Å²) >= 11 is 0. The Hall–Kier alpha value is -2.67. The number of aromatic nitrogens is 1. The van der Waals surface area contributed by atoms with Crippen LogP contribution in [0.25, 0.3) is 0 Å². The third kappa shape index (κ3) is 2.53. The van der Waals surface area contributed by atoms with Gasteiger partial charge >= 0.3 is 0 Å². The molecular weight excluding hydrogens is 228 g/mol. The summed E-state index contributed by atoms with van der Waals surface area (Å²) in [6.45, 7) is 1.47. The zero-order valence-corrected chi connectivity index (χ0v) is 9.75. The molecule has 0 aliphatic heterocycles. The van der Waals surface area contributed by atoms with Gasteiger partial charge in [-0.3, -0.25) is 4.79 Å². The molecule has 0 radical (unpaired) electrons. The number of ketones is 1. The second-order valence-corrected chi connectivity index (χ2v) is 3.65. The van der Waals surface area contributed by atoms with Crippen LogP contribution in [0.1, 0.15) is 22.8 Å². The van der Waals surface area contributed by atoms with Gasteiger partial charge in [0, 0.05) is 17.8 Å². The first-order valence-corrected chi connectivity index (χ1v) is 5.34. The second kappa shape index (κ2) is 5.11. The van der Waals surface area contributed by atoms with Crippen LogP contribution in [0.3, 0.4) is 0 Å². The number of ether oxygens (including phenoxy) is 1. The molecule has 1 aromatic heterocycles. The first kappa shape index (κ1) is 11.8. The molecule has 0 fully saturated rings. The van der Waals surface area contributed by atoms with Crippen LogP contribution in [0.2, 0.25) is 0 Å². The van der Waals surface area contributed by atoms with Gasteiger partial charge in [-0.1, -0.05) is 12.1 Å². The summed E-state index contributed by atoms with van der Waals surface area (Å²) in [5, 5.41) is 8.93. The molecule has 18 heavy (non-hydrogen) atoms. The van der Waals surface area contributed by atoms with Gasteiger partial charge in [0.1, 0.15) is 11.8 Å². The van der Waals surface area contributed by atoms with E-state index in [0.717, 1.165) is 0 Å². The highest BCUT2D eigenvalue weighted by atomic mass is 16.5. The first-order chi connectivity index (χ1) is 8.70. The third-order valence-electron chi connectivity index (χ3n) is 2.36. The Bertz CT molecular complexity index is 630. The van der Waals surface area contributed by atoms with Gasteiger partial charge in [0.15, 0.2) is 5.78 Å². The highest BCUT2D eigenvalue weighted by molar-refractivity contribution is 5.94. The maximum absolute atomic E-state index is 11.2. The van der Waals surface area contributed by atoms with Crippen LogP contribution in [0.5, 0.6) is 11.6 Å². The molecule has 88 valence electrons. The fourth-order valence-corrected chi connectivity index (χ4v) is 1.44. The normalized spacial score (nSPS) is 9.56. The number of benzene rings is 1. The molecule has 4 nitrogen and oxygen atoms in total. The van der Waals surface area contributed by atoms with E-state index in [-0.39, 0.29) is 5.78 Å². The van der Waals surface area contributed by atoms with Crippen molar-refractivity contribution in [3.05, 3.63) is 53.7 Å². The number of nitrogens with zero attached hydrogens (tertiary/aromatic N) is 2. The second-order valence-electron chi connectivity index (χ2n) is 3.65. The molecular formula is C14H10N2O2. The monoisotopic (exact) mass is 238 g/mol. The van der Waals surface area contributed by atoms with Crippen molar-refractivity contribution in [2.75, 3.05) is 0 Å².